The first-order valence-electron chi connectivity index (χ1n) is 6.94. The minimum Gasteiger partial charge on any atom is -0.495 e. The number of piperidine rings is 1. The molecule has 4 nitrogen and oxygen atoms in total. The molecule has 1 aliphatic heterocycles. The van der Waals surface area contributed by atoms with Gasteiger partial charge in [-0.25, -0.2) is 4.39 Å². The second kappa shape index (κ2) is 7.42. The van der Waals surface area contributed by atoms with Gasteiger partial charge in [-0.1, -0.05) is 0 Å². The quantitative estimate of drug-likeness (QED) is 0.751. The molecule has 0 spiro atoms. The lowest BCUT2D eigenvalue weighted by Gasteiger charge is -2.36. The third-order valence-electron chi connectivity index (χ3n) is 3.95. The smallest absolute Gasteiger partial charge is 0.159 e. The number of rotatable bonds is 5. The van der Waals surface area contributed by atoms with Crippen molar-refractivity contribution in [3.8, 4) is 5.75 Å². The maximum absolute atomic E-state index is 14.2. The van der Waals surface area contributed by atoms with E-state index in [4.69, 9.17) is 14.2 Å². The Morgan fingerprint density at radius 2 is 1.81 bits per heavy atom. The van der Waals surface area contributed by atoms with E-state index in [0.29, 0.717) is 21.8 Å². The van der Waals surface area contributed by atoms with Gasteiger partial charge in [0.15, 0.2) is 6.29 Å². The van der Waals surface area contributed by atoms with Crippen LogP contribution in [0.1, 0.15) is 12.8 Å². The molecule has 0 bridgehead atoms. The Bertz CT molecular complexity index is 474. The van der Waals surface area contributed by atoms with Crippen LogP contribution in [0.3, 0.4) is 0 Å². The van der Waals surface area contributed by atoms with Crippen molar-refractivity contribution in [2.45, 2.75) is 19.1 Å². The molecule has 2 rings (SSSR count). The normalized spacial score (nSPS) is 16.6. The van der Waals surface area contributed by atoms with Gasteiger partial charge in [0.2, 0.25) is 0 Å². The first kappa shape index (κ1) is 16.5. The van der Waals surface area contributed by atoms with Gasteiger partial charge in [0.05, 0.1) is 17.3 Å². The van der Waals surface area contributed by atoms with Gasteiger partial charge >= 0.3 is 0 Å². The SMILES string of the molecule is COc1cc(N2CCC(C(OC)OC)CC2)c(F)cc1Br. The van der Waals surface area contributed by atoms with Crippen LogP contribution in [-0.4, -0.2) is 40.7 Å². The molecule has 0 saturated carbocycles. The molecule has 0 atom stereocenters. The number of methoxy groups -OCH3 is 3. The van der Waals surface area contributed by atoms with Crippen LogP contribution < -0.4 is 9.64 Å². The lowest BCUT2D eigenvalue weighted by atomic mass is 9.95. The third kappa shape index (κ3) is 3.67. The zero-order chi connectivity index (χ0) is 15.4. The highest BCUT2D eigenvalue weighted by Crippen LogP contribution is 2.34. The van der Waals surface area contributed by atoms with E-state index in [-0.39, 0.29) is 12.1 Å². The largest absolute Gasteiger partial charge is 0.495 e. The fourth-order valence-electron chi connectivity index (χ4n) is 2.81. The van der Waals surface area contributed by atoms with Crippen LogP contribution in [0.2, 0.25) is 0 Å². The molecular weight excluding hydrogens is 341 g/mol. The molecule has 1 aromatic carbocycles. The van der Waals surface area contributed by atoms with Gasteiger partial charge in [-0.15, -0.1) is 0 Å². The highest BCUT2D eigenvalue weighted by atomic mass is 79.9. The number of halogens is 2. The fraction of sp³-hybridized carbons (Fsp3) is 0.600. The van der Waals surface area contributed by atoms with E-state index in [1.165, 1.54) is 6.07 Å². The Balaban J connectivity index is 2.08. The summed E-state index contributed by atoms with van der Waals surface area (Å²) in [6, 6.07) is 3.19. The zero-order valence-corrected chi connectivity index (χ0v) is 14.2. The topological polar surface area (TPSA) is 30.9 Å². The van der Waals surface area contributed by atoms with Gasteiger partial charge in [0.25, 0.3) is 0 Å². The van der Waals surface area contributed by atoms with Crippen LogP contribution >= 0.6 is 15.9 Å². The van der Waals surface area contributed by atoms with Crippen molar-refractivity contribution in [3.63, 3.8) is 0 Å². The Labute approximate surface area is 133 Å². The number of nitrogens with zero attached hydrogens (tertiary/aromatic N) is 1. The van der Waals surface area contributed by atoms with E-state index in [1.807, 2.05) is 4.90 Å². The molecular formula is C15H21BrFNO3. The lowest BCUT2D eigenvalue weighted by molar-refractivity contribution is -0.141. The molecule has 0 aromatic heterocycles. The zero-order valence-electron chi connectivity index (χ0n) is 12.6. The maximum atomic E-state index is 14.2. The Kier molecular flexibility index (Phi) is 5.84. The molecule has 1 heterocycles. The van der Waals surface area contributed by atoms with Crippen molar-refractivity contribution in [2.75, 3.05) is 39.3 Å². The summed E-state index contributed by atoms with van der Waals surface area (Å²) in [6.07, 6.45) is 1.63. The summed E-state index contributed by atoms with van der Waals surface area (Å²) in [5.74, 6) is 0.744. The Morgan fingerprint density at radius 1 is 1.19 bits per heavy atom. The van der Waals surface area contributed by atoms with E-state index in [1.54, 1.807) is 27.4 Å². The molecule has 1 aromatic rings. The number of ether oxygens (including phenoxy) is 3. The molecule has 0 radical (unpaired) electrons. The second-order valence-electron chi connectivity index (χ2n) is 5.10. The van der Waals surface area contributed by atoms with Crippen LogP contribution in [-0.2, 0) is 9.47 Å². The summed E-state index contributed by atoms with van der Waals surface area (Å²) in [6.45, 7) is 1.55. The minimum atomic E-state index is -0.240. The molecule has 0 amide bonds. The van der Waals surface area contributed by atoms with Crippen molar-refractivity contribution in [2.24, 2.45) is 5.92 Å². The maximum Gasteiger partial charge on any atom is 0.159 e. The number of anilines is 1. The molecule has 6 heteroatoms. The molecule has 0 unspecified atom stereocenters. The van der Waals surface area contributed by atoms with E-state index in [2.05, 4.69) is 15.9 Å². The molecule has 21 heavy (non-hydrogen) atoms. The highest BCUT2D eigenvalue weighted by molar-refractivity contribution is 9.10. The van der Waals surface area contributed by atoms with Gasteiger partial charge in [-0.2, -0.15) is 0 Å². The molecule has 1 aliphatic rings. The summed E-state index contributed by atoms with van der Waals surface area (Å²) in [7, 11) is 4.88. The van der Waals surface area contributed by atoms with E-state index < -0.39 is 0 Å². The summed E-state index contributed by atoms with van der Waals surface area (Å²) in [5.41, 5.74) is 0.583. The van der Waals surface area contributed by atoms with Gasteiger partial charge in [-0.3, -0.25) is 0 Å². The molecule has 1 fully saturated rings. The van der Waals surface area contributed by atoms with Crippen LogP contribution in [0.5, 0.6) is 5.75 Å². The van der Waals surface area contributed by atoms with Crippen LogP contribution in [0.4, 0.5) is 10.1 Å². The molecule has 0 aliphatic carbocycles. The highest BCUT2D eigenvalue weighted by Gasteiger charge is 2.28. The summed E-state index contributed by atoms with van der Waals surface area (Å²) in [5, 5.41) is 0. The average molecular weight is 362 g/mol. The summed E-state index contributed by atoms with van der Waals surface area (Å²) in [4.78, 5) is 2.04. The predicted octanol–water partition coefficient (Wildman–Crippen LogP) is 3.43. The lowest BCUT2D eigenvalue weighted by Crippen LogP contribution is -2.39. The Hall–Kier alpha value is -0.850. The standard InChI is InChI=1S/C15H21BrFNO3/c1-19-14-9-13(12(17)8-11(14)16)18-6-4-10(5-7-18)15(20-2)21-3/h8-10,15H,4-7H2,1-3H3. The average Bonchev–Trinajstić information content (AvgIpc) is 2.50. The fourth-order valence-corrected chi connectivity index (χ4v) is 3.29. The molecule has 1 saturated heterocycles. The monoisotopic (exact) mass is 361 g/mol. The first-order valence-corrected chi connectivity index (χ1v) is 7.73. The van der Waals surface area contributed by atoms with Crippen molar-refractivity contribution in [1.82, 2.24) is 0 Å². The second-order valence-corrected chi connectivity index (χ2v) is 5.96. The number of benzene rings is 1. The van der Waals surface area contributed by atoms with Crippen molar-refractivity contribution in [1.29, 1.82) is 0 Å². The number of hydrogen-bond acceptors (Lipinski definition) is 4. The van der Waals surface area contributed by atoms with E-state index in [9.17, 15) is 4.39 Å². The van der Waals surface area contributed by atoms with Crippen molar-refractivity contribution >= 4 is 21.6 Å². The van der Waals surface area contributed by atoms with Gasteiger partial charge < -0.3 is 19.1 Å². The molecule has 0 N–H and O–H groups in total. The number of hydrogen-bond donors (Lipinski definition) is 0. The summed E-state index contributed by atoms with van der Waals surface area (Å²) >= 11 is 3.30. The van der Waals surface area contributed by atoms with Gasteiger partial charge in [0.1, 0.15) is 11.6 Å². The minimum absolute atomic E-state index is 0.184. The third-order valence-corrected chi connectivity index (χ3v) is 4.57. The van der Waals surface area contributed by atoms with Crippen molar-refractivity contribution in [3.05, 3.63) is 22.4 Å². The van der Waals surface area contributed by atoms with E-state index in [0.717, 1.165) is 25.9 Å². The predicted molar refractivity (Wildman–Crippen MR) is 83.4 cm³/mol. The van der Waals surface area contributed by atoms with Gasteiger partial charge in [0, 0.05) is 39.3 Å². The molecule has 118 valence electrons. The summed E-state index contributed by atoms with van der Waals surface area (Å²) < 4.78 is 30.7. The van der Waals surface area contributed by atoms with Crippen LogP contribution in [0.25, 0.3) is 0 Å². The van der Waals surface area contributed by atoms with Crippen LogP contribution in [0.15, 0.2) is 16.6 Å². The van der Waals surface area contributed by atoms with E-state index >= 15 is 0 Å². The Morgan fingerprint density at radius 3 is 2.33 bits per heavy atom. The van der Waals surface area contributed by atoms with Gasteiger partial charge in [-0.05, 0) is 34.8 Å². The van der Waals surface area contributed by atoms with Crippen LogP contribution in [0, 0.1) is 11.7 Å². The van der Waals surface area contributed by atoms with Crippen molar-refractivity contribution < 1.29 is 18.6 Å². The first-order chi connectivity index (χ1) is 10.1.